The number of unbranched alkanes of at least 4 members (excludes halogenated alkanes) is 4. The van der Waals surface area contributed by atoms with Crippen molar-refractivity contribution in [1.82, 2.24) is 0 Å². The number of hydrogen-bond acceptors (Lipinski definition) is 0. The third-order valence-electron chi connectivity index (χ3n) is 3.94. The molecule has 0 aromatic carbocycles. The Hall–Kier alpha value is 0.107. The lowest BCUT2D eigenvalue weighted by atomic mass is 10.1. The van der Waals surface area contributed by atoms with Crippen molar-refractivity contribution in [2.24, 2.45) is 0 Å². The molecule has 0 heterocycles. The minimum atomic E-state index is 0. The molecule has 0 N–H and O–H groups in total. The third-order valence-corrected chi connectivity index (χ3v) is 3.94. The Morgan fingerprint density at radius 1 is 0.526 bits per heavy atom. The minimum absolute atomic E-state index is 0. The average Bonchev–Trinajstić information content (AvgIpc) is 2.37. The molecule has 0 aliphatic rings. The van der Waals surface area contributed by atoms with Crippen LogP contribution in [0.25, 0.3) is 0 Å². The van der Waals surface area contributed by atoms with Crippen molar-refractivity contribution >= 4 is 11.0 Å². The first-order chi connectivity index (χ1) is 8.24. The van der Waals surface area contributed by atoms with E-state index in [9.17, 15) is 0 Å². The van der Waals surface area contributed by atoms with Gasteiger partial charge in [0, 0.05) is 0 Å². The summed E-state index contributed by atoms with van der Waals surface area (Å²) in [5, 5.41) is 0. The Labute approximate surface area is 126 Å². The fourth-order valence-electron chi connectivity index (χ4n) is 2.64. The van der Waals surface area contributed by atoms with Crippen molar-refractivity contribution in [1.29, 1.82) is 0 Å². The molecule has 0 spiro atoms. The van der Waals surface area contributed by atoms with Gasteiger partial charge in [-0.1, -0.05) is 53.4 Å². The number of quaternary nitrogens is 1. The lowest BCUT2D eigenvalue weighted by Gasteiger charge is -2.39. The van der Waals surface area contributed by atoms with Gasteiger partial charge in [-0.3, -0.25) is 0 Å². The second-order valence-electron chi connectivity index (χ2n) is 5.65. The highest BCUT2D eigenvalue weighted by Crippen LogP contribution is 2.16. The predicted octanol–water partition coefficient (Wildman–Crippen LogP) is 0.556. The molecule has 0 radical (unpaired) electrons. The molecule has 3 heteroatoms. The molecule has 0 atom stereocenters. The maximum Gasteiger partial charge on any atom is 0.0786 e. The number of rotatable bonds is 12. The molecular formula is C16H40FNSi. The van der Waals surface area contributed by atoms with Crippen molar-refractivity contribution in [2.75, 3.05) is 26.2 Å². The van der Waals surface area contributed by atoms with Crippen molar-refractivity contribution < 1.29 is 9.19 Å². The summed E-state index contributed by atoms with van der Waals surface area (Å²) in [5.74, 6) is 0. The summed E-state index contributed by atoms with van der Waals surface area (Å²) >= 11 is 0. The summed E-state index contributed by atoms with van der Waals surface area (Å²) in [6, 6.07) is 0. The largest absolute Gasteiger partial charge is 1.00 e. The lowest BCUT2D eigenvalue weighted by molar-refractivity contribution is -0.929. The minimum Gasteiger partial charge on any atom is -1.00 e. The zero-order valence-electron chi connectivity index (χ0n) is 13.3. The topological polar surface area (TPSA) is 0 Å². The Balaban J connectivity index is -0.00000128. The predicted molar refractivity (Wildman–Crippen MR) is 90.7 cm³/mol. The first-order valence-electron chi connectivity index (χ1n) is 8.09. The van der Waals surface area contributed by atoms with E-state index in [4.69, 9.17) is 0 Å². The monoisotopic (exact) mass is 293 g/mol. The molecule has 0 amide bonds. The first-order valence-corrected chi connectivity index (χ1v) is 8.09. The van der Waals surface area contributed by atoms with E-state index in [0.29, 0.717) is 0 Å². The van der Waals surface area contributed by atoms with Crippen LogP contribution in [0.5, 0.6) is 0 Å². The molecular weight excluding hydrogens is 253 g/mol. The fourth-order valence-corrected chi connectivity index (χ4v) is 2.64. The van der Waals surface area contributed by atoms with Gasteiger partial charge in [-0.25, -0.2) is 0 Å². The molecule has 0 rings (SSSR count). The summed E-state index contributed by atoms with van der Waals surface area (Å²) in [6.45, 7) is 15.0. The Kier molecular flexibility index (Phi) is 20.5. The zero-order chi connectivity index (χ0) is 13.0. The average molecular weight is 294 g/mol. The molecule has 0 fully saturated rings. The van der Waals surface area contributed by atoms with Crippen LogP contribution in [0.4, 0.5) is 0 Å². The fraction of sp³-hybridized carbons (Fsp3) is 1.00. The highest BCUT2D eigenvalue weighted by atomic mass is 28.1. The van der Waals surface area contributed by atoms with E-state index in [1.807, 2.05) is 0 Å². The van der Waals surface area contributed by atoms with Crippen LogP contribution in [0.3, 0.4) is 0 Å². The van der Waals surface area contributed by atoms with E-state index >= 15 is 0 Å². The van der Waals surface area contributed by atoms with Gasteiger partial charge < -0.3 is 9.19 Å². The Morgan fingerprint density at radius 3 is 0.895 bits per heavy atom. The highest BCUT2D eigenvalue weighted by Gasteiger charge is 2.24. The van der Waals surface area contributed by atoms with E-state index in [1.54, 1.807) is 0 Å². The van der Waals surface area contributed by atoms with Gasteiger partial charge in [0.2, 0.25) is 0 Å². The van der Waals surface area contributed by atoms with Gasteiger partial charge in [0.1, 0.15) is 0 Å². The molecule has 1 nitrogen and oxygen atoms in total. The Morgan fingerprint density at radius 2 is 0.737 bits per heavy atom. The van der Waals surface area contributed by atoms with Crippen molar-refractivity contribution in [3.05, 3.63) is 0 Å². The maximum atomic E-state index is 2.33. The molecule has 0 saturated heterocycles. The molecule has 0 aliphatic carbocycles. The van der Waals surface area contributed by atoms with Crippen molar-refractivity contribution in [2.45, 2.75) is 79.1 Å². The molecule has 0 aliphatic heterocycles. The molecule has 0 saturated carbocycles. The van der Waals surface area contributed by atoms with Crippen LogP contribution in [-0.2, 0) is 0 Å². The van der Waals surface area contributed by atoms with Crippen LogP contribution in [0.15, 0.2) is 0 Å². The molecule has 0 aromatic rings. The van der Waals surface area contributed by atoms with Gasteiger partial charge in [-0.15, -0.1) is 0 Å². The van der Waals surface area contributed by atoms with Crippen LogP contribution < -0.4 is 4.70 Å². The SMILES string of the molecule is CCCC[N+](CCCC)(CCCC)CCCC.[F-].[SiH4]. The normalized spacial score (nSPS) is 10.7. The number of halogens is 1. The highest BCUT2D eigenvalue weighted by molar-refractivity contribution is 5.75. The zero-order valence-corrected chi connectivity index (χ0v) is 13.3. The van der Waals surface area contributed by atoms with Crippen LogP contribution >= 0.6 is 0 Å². The van der Waals surface area contributed by atoms with Gasteiger partial charge >= 0.3 is 0 Å². The van der Waals surface area contributed by atoms with Crippen molar-refractivity contribution in [3.63, 3.8) is 0 Å². The third kappa shape index (κ3) is 11.6. The Bertz CT molecular complexity index is 127. The van der Waals surface area contributed by atoms with E-state index < -0.39 is 0 Å². The van der Waals surface area contributed by atoms with Gasteiger partial charge in [0.05, 0.1) is 26.2 Å². The van der Waals surface area contributed by atoms with Gasteiger partial charge in [0.25, 0.3) is 0 Å². The van der Waals surface area contributed by atoms with Crippen LogP contribution in [0.1, 0.15) is 79.1 Å². The molecule has 0 bridgehead atoms. The summed E-state index contributed by atoms with van der Waals surface area (Å²) in [4.78, 5) is 0. The maximum absolute atomic E-state index is 2.33. The smallest absolute Gasteiger partial charge is 0.0786 e. The van der Waals surface area contributed by atoms with E-state index in [1.165, 1.54) is 82.0 Å². The second kappa shape index (κ2) is 16.2. The standard InChI is InChI=1S/C16H36N.FH.H4Si/c1-5-9-13-17(14-10-6-2,15-11-7-3)16-12-8-4;;/h5-16H2,1-4H3;1H;1H4/q+1;;/p-1. The summed E-state index contributed by atoms with van der Waals surface area (Å²) in [7, 11) is 0. The van der Waals surface area contributed by atoms with Gasteiger partial charge in [-0.2, -0.15) is 0 Å². The van der Waals surface area contributed by atoms with E-state index in [0.717, 1.165) is 0 Å². The molecule has 0 unspecified atom stereocenters. The summed E-state index contributed by atoms with van der Waals surface area (Å²) in [6.07, 6.45) is 11.1. The van der Waals surface area contributed by atoms with Crippen molar-refractivity contribution in [3.8, 4) is 0 Å². The number of hydrogen-bond donors (Lipinski definition) is 0. The summed E-state index contributed by atoms with van der Waals surface area (Å²) in [5.41, 5.74) is 0. The van der Waals surface area contributed by atoms with Gasteiger partial charge in [-0.05, 0) is 36.6 Å². The molecule has 19 heavy (non-hydrogen) atoms. The van der Waals surface area contributed by atoms with Crippen LogP contribution in [-0.4, -0.2) is 41.6 Å². The van der Waals surface area contributed by atoms with Gasteiger partial charge in [0.15, 0.2) is 0 Å². The number of nitrogens with zero attached hydrogens (tertiary/aromatic N) is 1. The lowest BCUT2D eigenvalue weighted by Crippen LogP contribution is -3.00. The molecule has 120 valence electrons. The van der Waals surface area contributed by atoms with Crippen LogP contribution in [0.2, 0.25) is 0 Å². The van der Waals surface area contributed by atoms with Crippen LogP contribution in [0, 0.1) is 0 Å². The first kappa shape index (κ1) is 24.1. The van der Waals surface area contributed by atoms with E-state index in [2.05, 4.69) is 27.7 Å². The quantitative estimate of drug-likeness (QED) is 0.364. The van der Waals surface area contributed by atoms with E-state index in [-0.39, 0.29) is 15.7 Å². The second-order valence-corrected chi connectivity index (χ2v) is 5.65. The summed E-state index contributed by atoms with van der Waals surface area (Å²) < 4.78 is 1.42. The molecule has 0 aromatic heterocycles.